The van der Waals surface area contributed by atoms with Crippen LogP contribution in [0.2, 0.25) is 0 Å². The lowest BCUT2D eigenvalue weighted by atomic mass is 10.1. The standard InChI is InChI=1S/C14H19BrN2S2/c1-19-14(6-2-3-7-14)9-17-10-4-5-11(13(16)18)12(15)8-10/h4-5,8,17H,2-3,6-7,9H2,1H3,(H2,16,18). The summed E-state index contributed by atoms with van der Waals surface area (Å²) in [5, 5.41) is 3.55. The second-order valence-electron chi connectivity index (χ2n) is 5.01. The van der Waals surface area contributed by atoms with Crippen LogP contribution < -0.4 is 11.1 Å². The predicted octanol–water partition coefficient (Wildman–Crippen LogP) is 4.17. The number of rotatable bonds is 5. The second kappa shape index (κ2) is 6.46. The van der Waals surface area contributed by atoms with Gasteiger partial charge in [-0.05, 0) is 53.2 Å². The number of thiocarbonyl (C=S) groups is 1. The molecule has 0 radical (unpaired) electrons. The van der Waals surface area contributed by atoms with Gasteiger partial charge in [0.25, 0.3) is 0 Å². The van der Waals surface area contributed by atoms with Crippen molar-refractivity contribution < 1.29 is 0 Å². The fourth-order valence-corrected chi connectivity index (χ4v) is 4.38. The summed E-state index contributed by atoms with van der Waals surface area (Å²) < 4.78 is 1.36. The van der Waals surface area contributed by atoms with E-state index in [1.54, 1.807) is 0 Å². The first-order valence-electron chi connectivity index (χ1n) is 6.45. The third-order valence-electron chi connectivity index (χ3n) is 3.80. The van der Waals surface area contributed by atoms with Gasteiger partial charge in [-0.3, -0.25) is 0 Å². The molecular formula is C14H19BrN2S2. The van der Waals surface area contributed by atoms with E-state index in [4.69, 9.17) is 18.0 Å². The van der Waals surface area contributed by atoms with Crippen LogP contribution in [0, 0.1) is 0 Å². The minimum absolute atomic E-state index is 0.411. The van der Waals surface area contributed by atoms with Crippen LogP contribution >= 0.6 is 39.9 Å². The highest BCUT2D eigenvalue weighted by Crippen LogP contribution is 2.40. The topological polar surface area (TPSA) is 38.0 Å². The van der Waals surface area contributed by atoms with E-state index in [1.807, 2.05) is 23.9 Å². The Kier molecular flexibility index (Phi) is 5.15. The Balaban J connectivity index is 2.03. The maximum atomic E-state index is 5.66. The fraction of sp³-hybridized carbons (Fsp3) is 0.500. The Hall–Kier alpha value is -0.260. The van der Waals surface area contributed by atoms with Crippen molar-refractivity contribution in [2.45, 2.75) is 30.4 Å². The van der Waals surface area contributed by atoms with Gasteiger partial charge in [-0.1, -0.05) is 25.1 Å². The summed E-state index contributed by atoms with van der Waals surface area (Å²) in [6, 6.07) is 6.06. The molecule has 3 N–H and O–H groups in total. The van der Waals surface area contributed by atoms with Gasteiger partial charge in [-0.15, -0.1) is 0 Å². The predicted molar refractivity (Wildman–Crippen MR) is 93.2 cm³/mol. The van der Waals surface area contributed by atoms with Crippen LogP contribution in [-0.2, 0) is 0 Å². The SMILES string of the molecule is CSC1(CNc2ccc(C(N)=S)c(Br)c2)CCCC1. The minimum atomic E-state index is 0.411. The van der Waals surface area contributed by atoms with Crippen molar-refractivity contribution in [3.8, 4) is 0 Å². The first kappa shape index (κ1) is 15.1. The molecule has 0 spiro atoms. The van der Waals surface area contributed by atoms with E-state index in [0.717, 1.165) is 22.3 Å². The first-order valence-corrected chi connectivity index (χ1v) is 8.87. The highest BCUT2D eigenvalue weighted by Gasteiger charge is 2.32. The Morgan fingerprint density at radius 2 is 2.16 bits per heavy atom. The lowest BCUT2D eigenvalue weighted by Crippen LogP contribution is -2.30. The molecule has 0 saturated heterocycles. The third kappa shape index (κ3) is 3.64. The molecule has 0 aliphatic heterocycles. The van der Waals surface area contributed by atoms with Gasteiger partial charge in [0.15, 0.2) is 0 Å². The maximum absolute atomic E-state index is 5.66. The minimum Gasteiger partial charge on any atom is -0.389 e. The molecule has 1 saturated carbocycles. The normalized spacial score (nSPS) is 17.4. The number of anilines is 1. The zero-order valence-corrected chi connectivity index (χ0v) is 14.3. The van der Waals surface area contributed by atoms with Gasteiger partial charge in [0.05, 0.1) is 0 Å². The second-order valence-corrected chi connectivity index (χ2v) is 7.58. The molecule has 1 aliphatic carbocycles. The summed E-state index contributed by atoms with van der Waals surface area (Å²) >= 11 is 10.5. The van der Waals surface area contributed by atoms with Crippen LogP contribution in [0.3, 0.4) is 0 Å². The Morgan fingerprint density at radius 1 is 1.47 bits per heavy atom. The van der Waals surface area contributed by atoms with Gasteiger partial charge in [-0.2, -0.15) is 11.8 Å². The van der Waals surface area contributed by atoms with Crippen molar-refractivity contribution in [3.05, 3.63) is 28.2 Å². The number of thioether (sulfide) groups is 1. The first-order chi connectivity index (χ1) is 9.06. The van der Waals surface area contributed by atoms with Crippen LogP contribution in [0.5, 0.6) is 0 Å². The van der Waals surface area contributed by atoms with Crippen LogP contribution in [0.1, 0.15) is 31.2 Å². The molecule has 1 aliphatic rings. The number of nitrogens with one attached hydrogen (secondary N) is 1. The maximum Gasteiger partial charge on any atom is 0.105 e. The number of hydrogen-bond acceptors (Lipinski definition) is 3. The van der Waals surface area contributed by atoms with Gasteiger partial charge in [0, 0.05) is 27.0 Å². The Labute approximate surface area is 133 Å². The van der Waals surface area contributed by atoms with E-state index in [-0.39, 0.29) is 0 Å². The quantitative estimate of drug-likeness (QED) is 0.774. The summed E-state index contributed by atoms with van der Waals surface area (Å²) in [6.07, 6.45) is 7.55. The van der Waals surface area contributed by atoms with Crippen LogP contribution in [-0.4, -0.2) is 22.5 Å². The lowest BCUT2D eigenvalue weighted by Gasteiger charge is -2.27. The molecule has 0 atom stereocenters. The molecule has 1 aromatic rings. The number of hydrogen-bond donors (Lipinski definition) is 2. The van der Waals surface area contributed by atoms with Crippen molar-refractivity contribution in [1.29, 1.82) is 0 Å². The summed E-state index contributed by atoms with van der Waals surface area (Å²) in [4.78, 5) is 0.426. The molecular weight excluding hydrogens is 340 g/mol. The molecule has 0 heterocycles. The van der Waals surface area contributed by atoms with Crippen LogP contribution in [0.25, 0.3) is 0 Å². The van der Waals surface area contributed by atoms with E-state index >= 15 is 0 Å². The van der Waals surface area contributed by atoms with Gasteiger partial charge < -0.3 is 11.1 Å². The van der Waals surface area contributed by atoms with Gasteiger partial charge >= 0.3 is 0 Å². The summed E-state index contributed by atoms with van der Waals surface area (Å²) in [5.74, 6) is 0. The molecule has 19 heavy (non-hydrogen) atoms. The molecule has 5 heteroatoms. The largest absolute Gasteiger partial charge is 0.389 e. The Morgan fingerprint density at radius 3 is 2.68 bits per heavy atom. The third-order valence-corrected chi connectivity index (χ3v) is 6.09. The molecule has 1 aromatic carbocycles. The molecule has 0 amide bonds. The van der Waals surface area contributed by atoms with Crippen molar-refractivity contribution in [2.24, 2.45) is 5.73 Å². The summed E-state index contributed by atoms with van der Waals surface area (Å²) in [5.41, 5.74) is 7.67. The number of halogens is 1. The number of benzene rings is 1. The van der Waals surface area contributed by atoms with Gasteiger partial charge in [0.1, 0.15) is 4.99 Å². The zero-order valence-electron chi connectivity index (χ0n) is 11.0. The highest BCUT2D eigenvalue weighted by molar-refractivity contribution is 9.10. The molecule has 0 bridgehead atoms. The molecule has 104 valence electrons. The molecule has 0 aromatic heterocycles. The smallest absolute Gasteiger partial charge is 0.105 e. The van der Waals surface area contributed by atoms with Crippen molar-refractivity contribution in [2.75, 3.05) is 18.1 Å². The lowest BCUT2D eigenvalue weighted by molar-refractivity contribution is 0.640. The van der Waals surface area contributed by atoms with E-state index in [0.29, 0.717) is 9.74 Å². The summed E-state index contributed by atoms with van der Waals surface area (Å²) in [7, 11) is 0. The monoisotopic (exact) mass is 358 g/mol. The molecule has 2 rings (SSSR count). The van der Waals surface area contributed by atoms with Crippen molar-refractivity contribution >= 4 is 50.6 Å². The van der Waals surface area contributed by atoms with E-state index in [9.17, 15) is 0 Å². The number of nitrogens with two attached hydrogens (primary N) is 1. The average Bonchev–Trinajstić information content (AvgIpc) is 2.85. The van der Waals surface area contributed by atoms with E-state index in [2.05, 4.69) is 33.6 Å². The van der Waals surface area contributed by atoms with Gasteiger partial charge in [-0.25, -0.2) is 0 Å². The van der Waals surface area contributed by atoms with Crippen molar-refractivity contribution in [1.82, 2.24) is 0 Å². The van der Waals surface area contributed by atoms with Crippen LogP contribution in [0.15, 0.2) is 22.7 Å². The fourth-order valence-electron chi connectivity index (χ4n) is 2.56. The zero-order chi connectivity index (χ0) is 13.9. The Bertz CT molecular complexity index is 471. The van der Waals surface area contributed by atoms with Crippen LogP contribution in [0.4, 0.5) is 5.69 Å². The average molecular weight is 359 g/mol. The molecule has 1 fully saturated rings. The van der Waals surface area contributed by atoms with E-state index in [1.165, 1.54) is 25.7 Å². The summed E-state index contributed by atoms with van der Waals surface area (Å²) in [6.45, 7) is 1.02. The van der Waals surface area contributed by atoms with E-state index < -0.39 is 0 Å². The molecule has 0 unspecified atom stereocenters. The van der Waals surface area contributed by atoms with Crippen molar-refractivity contribution in [3.63, 3.8) is 0 Å². The highest BCUT2D eigenvalue weighted by atomic mass is 79.9. The molecule has 2 nitrogen and oxygen atoms in total. The van der Waals surface area contributed by atoms with Gasteiger partial charge in [0.2, 0.25) is 0 Å².